The van der Waals surface area contributed by atoms with Crippen LogP contribution in [0, 0.1) is 5.41 Å². The summed E-state index contributed by atoms with van der Waals surface area (Å²) in [6.07, 6.45) is -4.23. The highest BCUT2D eigenvalue weighted by molar-refractivity contribution is 6.34. The third-order valence-corrected chi connectivity index (χ3v) is 4.06. The Morgan fingerprint density at radius 1 is 1.39 bits per heavy atom. The molecule has 124 valence electrons. The summed E-state index contributed by atoms with van der Waals surface area (Å²) in [6.45, 7) is 1.94. The molecule has 1 aromatic carbocycles. The van der Waals surface area contributed by atoms with Crippen molar-refractivity contribution in [3.63, 3.8) is 0 Å². The van der Waals surface area contributed by atoms with Gasteiger partial charge in [0.1, 0.15) is 0 Å². The number of hydrogen-bond donors (Lipinski definition) is 2. The number of amides is 1. The molecule has 0 atom stereocenters. The van der Waals surface area contributed by atoms with Crippen LogP contribution in [0.1, 0.15) is 29.3 Å². The predicted octanol–water partition coefficient (Wildman–Crippen LogP) is 3.46. The molecule has 0 radical (unpaired) electrons. The van der Waals surface area contributed by atoms with E-state index in [0.29, 0.717) is 23.4 Å². The zero-order valence-electron chi connectivity index (χ0n) is 12.3. The molecule has 0 unspecified atom stereocenters. The smallest absolute Gasteiger partial charge is 0.400 e. The Bertz CT molecular complexity index is 698. The molecule has 23 heavy (non-hydrogen) atoms. The summed E-state index contributed by atoms with van der Waals surface area (Å²) in [7, 11) is 0. The lowest BCUT2D eigenvalue weighted by Crippen LogP contribution is -2.40. The molecule has 2 rings (SSSR count). The van der Waals surface area contributed by atoms with Crippen LogP contribution in [-0.2, 0) is 6.18 Å². The Morgan fingerprint density at radius 2 is 2.04 bits per heavy atom. The molecular formula is C15H15ClF3N3O. The van der Waals surface area contributed by atoms with Crippen molar-refractivity contribution in [1.82, 2.24) is 4.90 Å². The van der Waals surface area contributed by atoms with Crippen molar-refractivity contribution >= 4 is 23.2 Å². The van der Waals surface area contributed by atoms with Gasteiger partial charge in [0, 0.05) is 18.0 Å². The quantitative estimate of drug-likeness (QED) is 0.806. The molecule has 0 bridgehead atoms. The molecule has 4 nitrogen and oxygen atoms in total. The van der Waals surface area contributed by atoms with Crippen molar-refractivity contribution in [3.8, 4) is 0 Å². The summed E-state index contributed by atoms with van der Waals surface area (Å²) in [5, 5.41) is 6.99. The van der Waals surface area contributed by atoms with Crippen LogP contribution in [0.4, 0.5) is 13.2 Å². The molecule has 0 saturated carbocycles. The fraction of sp³-hybridized carbons (Fsp3) is 0.333. The summed E-state index contributed by atoms with van der Waals surface area (Å²) in [4.78, 5) is 13.8. The van der Waals surface area contributed by atoms with Crippen molar-refractivity contribution in [3.05, 3.63) is 45.6 Å². The summed E-state index contributed by atoms with van der Waals surface area (Å²) in [6, 6.07) is 3.25. The Hall–Kier alpha value is -2.02. The van der Waals surface area contributed by atoms with Crippen LogP contribution in [0.25, 0.3) is 0 Å². The van der Waals surface area contributed by atoms with Crippen LogP contribution in [0.2, 0.25) is 5.02 Å². The van der Waals surface area contributed by atoms with Crippen LogP contribution in [-0.4, -0.2) is 29.6 Å². The highest BCUT2D eigenvalue weighted by atomic mass is 35.5. The standard InChI is InChI=1S/C15H15ClF3N3O/c1-8(20)9-5-6-22(7-12(9)21)14(23)10-3-2-4-11(13(10)16)15(17,18)19/h2-4,20H,5-7,21H2,1H3. The van der Waals surface area contributed by atoms with Gasteiger partial charge in [-0.3, -0.25) is 4.79 Å². The van der Waals surface area contributed by atoms with E-state index in [1.54, 1.807) is 6.92 Å². The summed E-state index contributed by atoms with van der Waals surface area (Å²) in [5.41, 5.74) is 5.98. The number of halogens is 4. The van der Waals surface area contributed by atoms with Crippen LogP contribution >= 0.6 is 11.6 Å². The number of nitrogens with one attached hydrogen (secondary N) is 1. The van der Waals surface area contributed by atoms with E-state index in [2.05, 4.69) is 0 Å². The summed E-state index contributed by atoms with van der Waals surface area (Å²) < 4.78 is 38.6. The van der Waals surface area contributed by atoms with Crippen molar-refractivity contribution < 1.29 is 18.0 Å². The topological polar surface area (TPSA) is 70.2 Å². The van der Waals surface area contributed by atoms with E-state index in [4.69, 9.17) is 22.7 Å². The van der Waals surface area contributed by atoms with Gasteiger partial charge in [0.05, 0.1) is 22.7 Å². The van der Waals surface area contributed by atoms with Crippen molar-refractivity contribution in [2.45, 2.75) is 19.5 Å². The van der Waals surface area contributed by atoms with Crippen LogP contribution < -0.4 is 5.73 Å². The van der Waals surface area contributed by atoms with E-state index in [0.717, 1.165) is 12.1 Å². The number of benzene rings is 1. The highest BCUT2D eigenvalue weighted by Crippen LogP contribution is 2.36. The fourth-order valence-electron chi connectivity index (χ4n) is 2.48. The molecular weight excluding hydrogens is 331 g/mol. The third kappa shape index (κ3) is 3.50. The van der Waals surface area contributed by atoms with Gasteiger partial charge in [-0.15, -0.1) is 0 Å². The third-order valence-electron chi connectivity index (χ3n) is 3.65. The molecule has 1 aromatic rings. The van der Waals surface area contributed by atoms with Gasteiger partial charge in [-0.25, -0.2) is 0 Å². The average molecular weight is 346 g/mol. The SMILES string of the molecule is CC(=N)C1=C(N)CN(C(=O)c2cccc(C(F)(F)F)c2Cl)CC1. The van der Waals surface area contributed by atoms with Crippen molar-refractivity contribution in [2.24, 2.45) is 5.73 Å². The molecule has 1 heterocycles. The summed E-state index contributed by atoms with van der Waals surface area (Å²) in [5.74, 6) is -0.606. The minimum Gasteiger partial charge on any atom is -0.400 e. The van der Waals surface area contributed by atoms with Gasteiger partial charge >= 0.3 is 6.18 Å². The van der Waals surface area contributed by atoms with E-state index >= 15 is 0 Å². The maximum Gasteiger partial charge on any atom is 0.417 e. The van der Waals surface area contributed by atoms with Gasteiger partial charge < -0.3 is 16.0 Å². The molecule has 1 amide bonds. The lowest BCUT2D eigenvalue weighted by Gasteiger charge is -2.29. The van der Waals surface area contributed by atoms with Gasteiger partial charge in [-0.1, -0.05) is 17.7 Å². The minimum absolute atomic E-state index is 0.0664. The fourth-order valence-corrected chi connectivity index (χ4v) is 2.79. The number of carbonyl (C=O) groups is 1. The monoisotopic (exact) mass is 345 g/mol. The molecule has 0 aromatic heterocycles. The number of rotatable bonds is 2. The zero-order valence-corrected chi connectivity index (χ0v) is 13.1. The van der Waals surface area contributed by atoms with Crippen molar-refractivity contribution in [2.75, 3.05) is 13.1 Å². The van der Waals surface area contributed by atoms with Crippen LogP contribution in [0.3, 0.4) is 0 Å². The van der Waals surface area contributed by atoms with Gasteiger partial charge in [0.25, 0.3) is 5.91 Å². The lowest BCUT2D eigenvalue weighted by molar-refractivity contribution is -0.137. The Labute approximate surface area is 136 Å². The Kier molecular flexibility index (Phi) is 4.70. The summed E-state index contributed by atoms with van der Waals surface area (Å²) >= 11 is 5.78. The number of nitrogens with two attached hydrogens (primary N) is 1. The number of nitrogens with zero attached hydrogens (tertiary/aromatic N) is 1. The molecule has 0 saturated heterocycles. The van der Waals surface area contributed by atoms with Crippen LogP contribution in [0.15, 0.2) is 29.5 Å². The van der Waals surface area contributed by atoms with E-state index in [1.807, 2.05) is 0 Å². The first-order valence-corrected chi connectivity index (χ1v) is 7.18. The second-order valence-corrected chi connectivity index (χ2v) is 5.65. The normalized spacial score (nSPS) is 15.8. The Morgan fingerprint density at radius 3 is 2.57 bits per heavy atom. The van der Waals surface area contributed by atoms with E-state index < -0.39 is 22.7 Å². The molecule has 0 aliphatic carbocycles. The van der Waals surface area contributed by atoms with Gasteiger partial charge in [-0.05, 0) is 31.1 Å². The van der Waals surface area contributed by atoms with Gasteiger partial charge in [-0.2, -0.15) is 13.2 Å². The second kappa shape index (κ2) is 6.23. The zero-order chi connectivity index (χ0) is 17.4. The van der Waals surface area contributed by atoms with E-state index in [9.17, 15) is 18.0 Å². The average Bonchev–Trinajstić information content (AvgIpc) is 2.45. The van der Waals surface area contributed by atoms with E-state index in [1.165, 1.54) is 11.0 Å². The molecule has 1 aliphatic heterocycles. The first-order valence-electron chi connectivity index (χ1n) is 6.81. The van der Waals surface area contributed by atoms with Crippen LogP contribution in [0.5, 0.6) is 0 Å². The maximum atomic E-state index is 12.9. The second-order valence-electron chi connectivity index (χ2n) is 5.27. The largest absolute Gasteiger partial charge is 0.417 e. The minimum atomic E-state index is -4.63. The molecule has 3 N–H and O–H groups in total. The molecule has 8 heteroatoms. The molecule has 1 aliphatic rings. The number of hydrogen-bond acceptors (Lipinski definition) is 3. The van der Waals surface area contributed by atoms with Gasteiger partial charge in [0.2, 0.25) is 0 Å². The van der Waals surface area contributed by atoms with Crippen molar-refractivity contribution in [1.29, 1.82) is 5.41 Å². The van der Waals surface area contributed by atoms with Gasteiger partial charge in [0.15, 0.2) is 0 Å². The first kappa shape index (κ1) is 17.3. The molecule has 0 fully saturated rings. The predicted molar refractivity (Wildman–Crippen MR) is 81.6 cm³/mol. The first-order chi connectivity index (χ1) is 10.6. The maximum absolute atomic E-state index is 12.9. The molecule has 0 spiro atoms. The highest BCUT2D eigenvalue weighted by Gasteiger charge is 2.35. The lowest BCUT2D eigenvalue weighted by atomic mass is 10.0. The Balaban J connectivity index is 2.31. The number of carbonyl (C=O) groups excluding carboxylic acids is 1. The number of alkyl halides is 3. The van der Waals surface area contributed by atoms with E-state index in [-0.39, 0.29) is 18.7 Å².